The van der Waals surface area contributed by atoms with Crippen LogP contribution in [-0.4, -0.2) is 30.7 Å². The molecule has 1 heterocycles. The molecule has 0 amide bonds. The number of nitrogens with two attached hydrogens (primary N) is 1. The summed E-state index contributed by atoms with van der Waals surface area (Å²) in [5, 5.41) is 3.09. The van der Waals surface area contributed by atoms with Crippen molar-refractivity contribution in [2.75, 3.05) is 13.1 Å². The van der Waals surface area contributed by atoms with Crippen molar-refractivity contribution >= 4 is 5.97 Å². The van der Waals surface area contributed by atoms with Crippen LogP contribution in [0.4, 0.5) is 0 Å². The number of rotatable bonds is 3. The summed E-state index contributed by atoms with van der Waals surface area (Å²) in [6, 6.07) is -0.120. The van der Waals surface area contributed by atoms with E-state index in [4.69, 9.17) is 10.5 Å². The largest absolute Gasteiger partial charge is 0.457 e. The van der Waals surface area contributed by atoms with Gasteiger partial charge in [-0.05, 0) is 33.2 Å². The Bertz CT molecular complexity index is 186. The lowest BCUT2D eigenvalue weighted by atomic mass is 10.1. The monoisotopic (exact) mass is 186 g/mol. The Morgan fingerprint density at radius 2 is 2.38 bits per heavy atom. The second kappa shape index (κ2) is 4.07. The normalized spacial score (nSPS) is 23.2. The van der Waals surface area contributed by atoms with Gasteiger partial charge in [0.25, 0.3) is 0 Å². The maximum Gasteiger partial charge on any atom is 0.323 e. The van der Waals surface area contributed by atoms with Crippen molar-refractivity contribution in [2.24, 2.45) is 5.73 Å². The van der Waals surface area contributed by atoms with Crippen molar-refractivity contribution in [1.29, 1.82) is 0 Å². The van der Waals surface area contributed by atoms with E-state index in [0.717, 1.165) is 19.4 Å². The van der Waals surface area contributed by atoms with E-state index in [0.29, 0.717) is 6.54 Å². The first kappa shape index (κ1) is 10.5. The number of hydrogen-bond donors (Lipinski definition) is 2. The van der Waals surface area contributed by atoms with Crippen molar-refractivity contribution < 1.29 is 9.53 Å². The molecular formula is C9H18N2O2. The molecule has 0 aromatic rings. The molecule has 0 radical (unpaired) electrons. The van der Waals surface area contributed by atoms with Crippen LogP contribution in [0.25, 0.3) is 0 Å². The number of carbonyl (C=O) groups excluding carboxylic acids is 1. The Balaban J connectivity index is 2.40. The number of nitrogens with one attached hydrogen (secondary N) is 1. The molecule has 0 saturated carbocycles. The Hall–Kier alpha value is -0.610. The Kier molecular flexibility index (Phi) is 3.27. The van der Waals surface area contributed by atoms with Crippen molar-refractivity contribution in [3.8, 4) is 0 Å². The molecule has 0 aromatic carbocycles. The molecule has 0 spiro atoms. The van der Waals surface area contributed by atoms with Gasteiger partial charge in [0, 0.05) is 6.54 Å². The fraction of sp³-hybridized carbons (Fsp3) is 0.889. The number of carbonyl (C=O) groups is 1. The maximum absolute atomic E-state index is 11.5. The van der Waals surface area contributed by atoms with E-state index in [1.54, 1.807) is 0 Å². The first-order valence-corrected chi connectivity index (χ1v) is 4.71. The van der Waals surface area contributed by atoms with E-state index >= 15 is 0 Å². The van der Waals surface area contributed by atoms with Crippen molar-refractivity contribution in [1.82, 2.24) is 5.32 Å². The zero-order chi connectivity index (χ0) is 9.90. The minimum atomic E-state index is -0.540. The van der Waals surface area contributed by atoms with Crippen LogP contribution < -0.4 is 11.1 Å². The lowest BCUT2D eigenvalue weighted by Crippen LogP contribution is -2.42. The van der Waals surface area contributed by atoms with Gasteiger partial charge >= 0.3 is 5.97 Å². The van der Waals surface area contributed by atoms with Gasteiger partial charge in [-0.25, -0.2) is 0 Å². The first-order chi connectivity index (χ1) is 6.05. The molecule has 0 aromatic heterocycles. The summed E-state index contributed by atoms with van der Waals surface area (Å²) in [6.07, 6.45) is 1.92. The summed E-state index contributed by atoms with van der Waals surface area (Å²) in [7, 11) is 0. The quantitative estimate of drug-likeness (QED) is 0.610. The highest BCUT2D eigenvalue weighted by atomic mass is 16.6. The summed E-state index contributed by atoms with van der Waals surface area (Å²) in [6.45, 7) is 4.90. The molecule has 1 rings (SSSR count). The van der Waals surface area contributed by atoms with Gasteiger partial charge < -0.3 is 15.8 Å². The van der Waals surface area contributed by atoms with Gasteiger partial charge in [-0.15, -0.1) is 0 Å². The average molecular weight is 186 g/mol. The second-order valence-corrected chi connectivity index (χ2v) is 4.03. The van der Waals surface area contributed by atoms with Crippen LogP contribution in [0.3, 0.4) is 0 Å². The fourth-order valence-electron chi connectivity index (χ4n) is 1.27. The molecule has 1 atom stereocenters. The van der Waals surface area contributed by atoms with Crippen molar-refractivity contribution in [3.05, 3.63) is 0 Å². The van der Waals surface area contributed by atoms with Gasteiger partial charge in [0.05, 0.1) is 0 Å². The molecule has 76 valence electrons. The lowest BCUT2D eigenvalue weighted by Gasteiger charge is -2.24. The van der Waals surface area contributed by atoms with Crippen LogP contribution in [0.5, 0.6) is 0 Å². The van der Waals surface area contributed by atoms with Gasteiger partial charge in [-0.3, -0.25) is 4.79 Å². The average Bonchev–Trinajstić information content (AvgIpc) is 2.55. The molecule has 4 heteroatoms. The van der Waals surface area contributed by atoms with E-state index in [1.807, 2.05) is 13.8 Å². The van der Waals surface area contributed by atoms with Crippen LogP contribution >= 0.6 is 0 Å². The van der Waals surface area contributed by atoms with Gasteiger partial charge in [-0.2, -0.15) is 0 Å². The van der Waals surface area contributed by atoms with Crippen LogP contribution in [0.2, 0.25) is 0 Å². The zero-order valence-electron chi connectivity index (χ0n) is 8.30. The molecule has 1 saturated heterocycles. The molecule has 0 unspecified atom stereocenters. The topological polar surface area (TPSA) is 64.3 Å². The molecule has 0 bridgehead atoms. The Labute approximate surface area is 78.8 Å². The SMILES string of the molecule is CC(C)(CN)OC(=O)[C@@H]1CCCN1. The van der Waals surface area contributed by atoms with Crippen LogP contribution in [0, 0.1) is 0 Å². The smallest absolute Gasteiger partial charge is 0.323 e. The molecule has 3 N–H and O–H groups in total. The third-order valence-corrected chi connectivity index (χ3v) is 2.21. The predicted octanol–water partition coefficient (Wildman–Crippen LogP) is 0.0189. The summed E-state index contributed by atoms with van der Waals surface area (Å²) < 4.78 is 5.24. The Morgan fingerprint density at radius 1 is 1.69 bits per heavy atom. The van der Waals surface area contributed by atoms with Gasteiger partial charge in [-0.1, -0.05) is 0 Å². The lowest BCUT2D eigenvalue weighted by molar-refractivity contribution is -0.157. The van der Waals surface area contributed by atoms with Crippen LogP contribution in [0.1, 0.15) is 26.7 Å². The molecular weight excluding hydrogens is 168 g/mol. The summed E-state index contributed by atoms with van der Waals surface area (Å²) in [5.74, 6) is -0.173. The van der Waals surface area contributed by atoms with E-state index < -0.39 is 5.60 Å². The fourth-order valence-corrected chi connectivity index (χ4v) is 1.27. The highest BCUT2D eigenvalue weighted by Gasteiger charge is 2.28. The van der Waals surface area contributed by atoms with E-state index in [9.17, 15) is 4.79 Å². The second-order valence-electron chi connectivity index (χ2n) is 4.03. The maximum atomic E-state index is 11.5. The molecule has 1 aliphatic rings. The summed E-state index contributed by atoms with van der Waals surface area (Å²) in [4.78, 5) is 11.5. The number of esters is 1. The summed E-state index contributed by atoms with van der Waals surface area (Å²) in [5.41, 5.74) is 4.92. The first-order valence-electron chi connectivity index (χ1n) is 4.71. The van der Waals surface area contributed by atoms with E-state index in [1.165, 1.54) is 0 Å². The van der Waals surface area contributed by atoms with Gasteiger partial charge in [0.15, 0.2) is 0 Å². The highest BCUT2D eigenvalue weighted by molar-refractivity contribution is 5.76. The van der Waals surface area contributed by atoms with Crippen molar-refractivity contribution in [3.63, 3.8) is 0 Å². The Morgan fingerprint density at radius 3 is 2.85 bits per heavy atom. The predicted molar refractivity (Wildman–Crippen MR) is 50.3 cm³/mol. The number of ether oxygens (including phenoxy) is 1. The van der Waals surface area contributed by atoms with Crippen LogP contribution in [0.15, 0.2) is 0 Å². The molecule has 13 heavy (non-hydrogen) atoms. The van der Waals surface area contributed by atoms with Crippen LogP contribution in [-0.2, 0) is 9.53 Å². The molecule has 1 fully saturated rings. The number of hydrogen-bond acceptors (Lipinski definition) is 4. The van der Waals surface area contributed by atoms with Crippen molar-refractivity contribution in [2.45, 2.75) is 38.3 Å². The van der Waals surface area contributed by atoms with E-state index in [-0.39, 0.29) is 12.0 Å². The minimum absolute atomic E-state index is 0.120. The third kappa shape index (κ3) is 2.97. The molecule has 0 aliphatic carbocycles. The minimum Gasteiger partial charge on any atom is -0.457 e. The van der Waals surface area contributed by atoms with Gasteiger partial charge in [0.2, 0.25) is 0 Å². The molecule has 1 aliphatic heterocycles. The zero-order valence-corrected chi connectivity index (χ0v) is 8.30. The third-order valence-electron chi connectivity index (χ3n) is 2.21. The highest BCUT2D eigenvalue weighted by Crippen LogP contribution is 2.12. The standard InChI is InChI=1S/C9H18N2O2/c1-9(2,6-10)13-8(12)7-4-3-5-11-7/h7,11H,3-6,10H2,1-2H3/t7-/m0/s1. The van der Waals surface area contributed by atoms with Gasteiger partial charge in [0.1, 0.15) is 11.6 Å². The van der Waals surface area contributed by atoms with E-state index in [2.05, 4.69) is 5.32 Å². The molecule has 4 nitrogen and oxygen atoms in total. The summed E-state index contributed by atoms with van der Waals surface area (Å²) >= 11 is 0.